The van der Waals surface area contributed by atoms with Gasteiger partial charge in [0, 0.05) is 16.3 Å². The van der Waals surface area contributed by atoms with Gasteiger partial charge in [0.2, 0.25) is 0 Å². The lowest BCUT2D eigenvalue weighted by Crippen LogP contribution is -1.98. The van der Waals surface area contributed by atoms with Crippen molar-refractivity contribution in [2.75, 3.05) is 6.54 Å². The fraction of sp³-hybridized carbons (Fsp3) is 0.400. The van der Waals surface area contributed by atoms with Crippen LogP contribution in [0.3, 0.4) is 0 Å². The molecule has 0 aliphatic carbocycles. The predicted molar refractivity (Wildman–Crippen MR) is 56.4 cm³/mol. The van der Waals surface area contributed by atoms with Crippen LogP contribution >= 0.6 is 11.3 Å². The molecule has 0 unspecified atom stereocenters. The number of nitrogens with two attached hydrogens (primary N) is 1. The average molecular weight is 181 g/mol. The van der Waals surface area contributed by atoms with Crippen molar-refractivity contribution >= 4 is 17.4 Å². The second-order valence-electron chi connectivity index (χ2n) is 2.85. The van der Waals surface area contributed by atoms with Crippen LogP contribution in [0, 0.1) is 0 Å². The van der Waals surface area contributed by atoms with Crippen molar-refractivity contribution in [3.8, 4) is 0 Å². The lowest BCUT2D eigenvalue weighted by molar-refractivity contribution is 1.15. The molecule has 0 atom stereocenters. The number of hydrogen-bond acceptors (Lipinski definition) is 2. The summed E-state index contributed by atoms with van der Waals surface area (Å²) in [5.74, 6) is 0. The van der Waals surface area contributed by atoms with Crippen molar-refractivity contribution in [1.82, 2.24) is 0 Å². The monoisotopic (exact) mass is 181 g/mol. The van der Waals surface area contributed by atoms with Gasteiger partial charge in [-0.2, -0.15) is 0 Å². The van der Waals surface area contributed by atoms with E-state index in [-0.39, 0.29) is 0 Å². The molecule has 0 spiro atoms. The summed E-state index contributed by atoms with van der Waals surface area (Å²) in [5, 5.41) is 0. The molecule has 0 saturated carbocycles. The van der Waals surface area contributed by atoms with Gasteiger partial charge in [0.05, 0.1) is 0 Å². The van der Waals surface area contributed by atoms with E-state index in [1.54, 1.807) is 0 Å². The molecule has 12 heavy (non-hydrogen) atoms. The zero-order chi connectivity index (χ0) is 8.97. The van der Waals surface area contributed by atoms with E-state index < -0.39 is 0 Å². The molecular formula is C10H15NS. The van der Waals surface area contributed by atoms with Gasteiger partial charge in [-0.25, -0.2) is 0 Å². The third-order valence-electron chi connectivity index (χ3n) is 1.74. The first-order valence-corrected chi connectivity index (χ1v) is 5.04. The maximum Gasteiger partial charge on any atom is 0.0273 e. The Morgan fingerprint density at radius 3 is 2.83 bits per heavy atom. The Morgan fingerprint density at radius 2 is 2.33 bits per heavy atom. The molecule has 0 bridgehead atoms. The van der Waals surface area contributed by atoms with Crippen molar-refractivity contribution in [3.63, 3.8) is 0 Å². The highest BCUT2D eigenvalue weighted by molar-refractivity contribution is 7.12. The van der Waals surface area contributed by atoms with Gasteiger partial charge in [-0.1, -0.05) is 12.5 Å². The number of aryl methyl sites for hydroxylation is 1. The molecule has 0 amide bonds. The highest BCUT2D eigenvalue weighted by Gasteiger charge is 1.94. The highest BCUT2D eigenvalue weighted by Crippen LogP contribution is 2.19. The van der Waals surface area contributed by atoms with Crippen LogP contribution in [0.2, 0.25) is 0 Å². The quantitative estimate of drug-likeness (QED) is 0.762. The Balaban J connectivity index is 2.76. The van der Waals surface area contributed by atoms with Crippen LogP contribution in [0.1, 0.15) is 23.6 Å². The first-order valence-electron chi connectivity index (χ1n) is 4.22. The molecule has 66 valence electrons. The molecule has 1 aromatic heterocycles. The van der Waals surface area contributed by atoms with E-state index in [9.17, 15) is 0 Å². The van der Waals surface area contributed by atoms with Crippen LogP contribution in [0.4, 0.5) is 0 Å². The summed E-state index contributed by atoms with van der Waals surface area (Å²) in [6.45, 7) is 4.89. The summed E-state index contributed by atoms with van der Waals surface area (Å²) in [7, 11) is 0. The summed E-state index contributed by atoms with van der Waals surface area (Å²) >= 11 is 1.84. The number of hydrogen-bond donors (Lipinski definition) is 1. The molecule has 2 N–H and O–H groups in total. The largest absolute Gasteiger partial charge is 0.327 e. The predicted octanol–water partition coefficient (Wildman–Crippen LogP) is 2.67. The van der Waals surface area contributed by atoms with E-state index in [4.69, 9.17) is 5.73 Å². The second kappa shape index (κ2) is 4.43. The van der Waals surface area contributed by atoms with Crippen molar-refractivity contribution in [2.24, 2.45) is 5.73 Å². The summed E-state index contributed by atoms with van der Waals surface area (Å²) in [4.78, 5) is 2.75. The zero-order valence-corrected chi connectivity index (χ0v) is 8.45. The smallest absolute Gasteiger partial charge is 0.0273 e. The van der Waals surface area contributed by atoms with Gasteiger partial charge < -0.3 is 5.73 Å². The Hall–Kier alpha value is -0.600. The van der Waals surface area contributed by atoms with Crippen LogP contribution in [-0.4, -0.2) is 6.54 Å². The Morgan fingerprint density at radius 1 is 1.58 bits per heavy atom. The van der Waals surface area contributed by atoms with Crippen molar-refractivity contribution in [2.45, 2.75) is 20.3 Å². The second-order valence-corrected chi connectivity index (χ2v) is 4.05. The molecule has 2 heteroatoms. The number of thiophene rings is 1. The lowest BCUT2D eigenvalue weighted by Gasteiger charge is -1.91. The van der Waals surface area contributed by atoms with E-state index in [0.717, 1.165) is 6.42 Å². The first-order chi connectivity index (χ1) is 5.76. The Labute approximate surface area is 77.9 Å². The molecule has 0 aliphatic rings. The first kappa shape index (κ1) is 9.49. The minimum absolute atomic E-state index is 0.652. The maximum absolute atomic E-state index is 5.50. The lowest BCUT2D eigenvalue weighted by atomic mass is 10.2. The van der Waals surface area contributed by atoms with Gasteiger partial charge >= 0.3 is 0 Å². The fourth-order valence-electron chi connectivity index (χ4n) is 0.964. The molecular weight excluding hydrogens is 166 g/mol. The molecule has 0 fully saturated rings. The topological polar surface area (TPSA) is 26.0 Å². The van der Waals surface area contributed by atoms with Gasteiger partial charge in [-0.15, -0.1) is 11.3 Å². The van der Waals surface area contributed by atoms with E-state index in [1.165, 1.54) is 15.3 Å². The molecule has 1 nitrogen and oxygen atoms in total. The number of rotatable bonds is 3. The van der Waals surface area contributed by atoms with Gasteiger partial charge in [0.25, 0.3) is 0 Å². The molecule has 0 aromatic carbocycles. The summed E-state index contributed by atoms with van der Waals surface area (Å²) in [6.07, 6.45) is 3.28. The van der Waals surface area contributed by atoms with E-state index in [1.807, 2.05) is 11.3 Å². The summed E-state index contributed by atoms with van der Waals surface area (Å²) < 4.78 is 0. The SMILES string of the molecule is CCc1ccc(/C=C(/C)CN)s1. The molecule has 0 aliphatic heterocycles. The average Bonchev–Trinajstić information content (AvgIpc) is 2.52. The standard InChI is InChI=1S/C10H15NS/c1-3-9-4-5-10(12-9)6-8(2)7-11/h4-6H,3,7,11H2,1-2H3/b8-6-. The normalized spacial score (nSPS) is 12.1. The van der Waals surface area contributed by atoms with Crippen molar-refractivity contribution < 1.29 is 0 Å². The van der Waals surface area contributed by atoms with Crippen LogP contribution in [-0.2, 0) is 6.42 Å². The van der Waals surface area contributed by atoms with E-state index >= 15 is 0 Å². The van der Waals surface area contributed by atoms with Gasteiger partial charge in [0.1, 0.15) is 0 Å². The van der Waals surface area contributed by atoms with Crippen molar-refractivity contribution in [1.29, 1.82) is 0 Å². The van der Waals surface area contributed by atoms with Gasteiger partial charge in [-0.3, -0.25) is 0 Å². The van der Waals surface area contributed by atoms with Gasteiger partial charge in [0.15, 0.2) is 0 Å². The van der Waals surface area contributed by atoms with Crippen molar-refractivity contribution in [3.05, 3.63) is 27.5 Å². The highest BCUT2D eigenvalue weighted by atomic mass is 32.1. The summed E-state index contributed by atoms with van der Waals surface area (Å²) in [5.41, 5.74) is 6.73. The Bertz CT molecular complexity index is 273. The third-order valence-corrected chi connectivity index (χ3v) is 2.92. The molecule has 0 radical (unpaired) electrons. The van der Waals surface area contributed by atoms with Crippen LogP contribution in [0.5, 0.6) is 0 Å². The van der Waals surface area contributed by atoms with E-state index in [0.29, 0.717) is 6.54 Å². The summed E-state index contributed by atoms with van der Waals surface area (Å²) in [6, 6.07) is 4.34. The van der Waals surface area contributed by atoms with Crippen LogP contribution in [0.25, 0.3) is 6.08 Å². The zero-order valence-electron chi connectivity index (χ0n) is 7.63. The molecule has 0 saturated heterocycles. The maximum atomic E-state index is 5.50. The third kappa shape index (κ3) is 2.47. The minimum atomic E-state index is 0.652. The molecule has 1 heterocycles. The van der Waals surface area contributed by atoms with Crippen LogP contribution in [0.15, 0.2) is 17.7 Å². The van der Waals surface area contributed by atoms with Gasteiger partial charge in [-0.05, 0) is 31.6 Å². The van der Waals surface area contributed by atoms with Crippen LogP contribution < -0.4 is 5.73 Å². The minimum Gasteiger partial charge on any atom is -0.327 e. The van der Waals surface area contributed by atoms with E-state index in [2.05, 4.69) is 32.1 Å². The molecule has 1 aromatic rings. The fourth-order valence-corrected chi connectivity index (χ4v) is 1.94. The molecule has 1 rings (SSSR count). The Kier molecular flexibility index (Phi) is 3.50.